The van der Waals surface area contributed by atoms with Gasteiger partial charge in [-0.2, -0.15) is 0 Å². The molecule has 0 aliphatic carbocycles. The number of nitrogens with one attached hydrogen (secondary N) is 1. The van der Waals surface area contributed by atoms with Gasteiger partial charge in [0.25, 0.3) is 0 Å². The zero-order valence-electron chi connectivity index (χ0n) is 15.8. The van der Waals surface area contributed by atoms with Gasteiger partial charge in [-0.1, -0.05) is 30.3 Å². The Bertz CT molecular complexity index is 858. The largest absolute Gasteiger partial charge is 0.356 e. The van der Waals surface area contributed by atoms with Crippen LogP contribution in [-0.4, -0.2) is 34.1 Å². The molecule has 1 aliphatic heterocycles. The van der Waals surface area contributed by atoms with Crippen molar-refractivity contribution in [3.63, 3.8) is 0 Å². The van der Waals surface area contributed by atoms with Gasteiger partial charge < -0.3 is 10.2 Å². The summed E-state index contributed by atoms with van der Waals surface area (Å²) in [7, 11) is 0. The lowest BCUT2D eigenvalue weighted by Crippen LogP contribution is -2.43. The van der Waals surface area contributed by atoms with Crippen LogP contribution in [0.2, 0.25) is 0 Å². The van der Waals surface area contributed by atoms with Crippen LogP contribution < -0.4 is 10.2 Å². The van der Waals surface area contributed by atoms with Crippen molar-refractivity contribution in [1.82, 2.24) is 20.3 Å². The molecule has 1 saturated heterocycles. The van der Waals surface area contributed by atoms with Crippen molar-refractivity contribution < 1.29 is 0 Å². The Morgan fingerprint density at radius 2 is 1.93 bits per heavy atom. The van der Waals surface area contributed by atoms with E-state index < -0.39 is 0 Å². The van der Waals surface area contributed by atoms with E-state index >= 15 is 0 Å². The molecular formula is C21H25N5S. The molecular weight excluding hydrogens is 354 g/mol. The number of piperidine rings is 1. The number of hydrogen-bond acceptors (Lipinski definition) is 6. The van der Waals surface area contributed by atoms with Crippen molar-refractivity contribution in [3.8, 4) is 11.4 Å². The lowest BCUT2D eigenvalue weighted by Gasteiger charge is -2.34. The van der Waals surface area contributed by atoms with Crippen LogP contribution in [0.1, 0.15) is 36.5 Å². The van der Waals surface area contributed by atoms with Crippen LogP contribution in [0.3, 0.4) is 0 Å². The highest BCUT2D eigenvalue weighted by Crippen LogP contribution is 2.24. The number of thiazole rings is 1. The normalized spacial score (nSPS) is 16.4. The maximum Gasteiger partial charge on any atom is 0.161 e. The maximum absolute atomic E-state index is 4.84. The highest BCUT2D eigenvalue weighted by atomic mass is 32.1. The molecule has 0 spiro atoms. The van der Waals surface area contributed by atoms with Gasteiger partial charge in [0.1, 0.15) is 10.8 Å². The zero-order chi connectivity index (χ0) is 18.6. The van der Waals surface area contributed by atoms with Crippen LogP contribution in [-0.2, 0) is 0 Å². The lowest BCUT2D eigenvalue weighted by atomic mass is 10.0. The molecule has 0 saturated carbocycles. The number of benzene rings is 1. The second kappa shape index (κ2) is 8.15. The van der Waals surface area contributed by atoms with Crippen molar-refractivity contribution in [2.75, 3.05) is 18.0 Å². The first-order valence-corrected chi connectivity index (χ1v) is 10.4. The van der Waals surface area contributed by atoms with Crippen LogP contribution in [0.4, 0.5) is 5.82 Å². The van der Waals surface area contributed by atoms with E-state index in [0.717, 1.165) is 53.8 Å². The first-order chi connectivity index (χ1) is 13.2. The summed E-state index contributed by atoms with van der Waals surface area (Å²) in [4.78, 5) is 16.3. The van der Waals surface area contributed by atoms with Crippen LogP contribution in [0.25, 0.3) is 11.4 Å². The minimum Gasteiger partial charge on any atom is -0.356 e. The Morgan fingerprint density at radius 3 is 2.63 bits per heavy atom. The van der Waals surface area contributed by atoms with Crippen molar-refractivity contribution in [2.45, 2.75) is 38.8 Å². The Balaban J connectivity index is 1.41. The molecule has 3 heterocycles. The summed E-state index contributed by atoms with van der Waals surface area (Å²) in [6.45, 7) is 6.26. The first kappa shape index (κ1) is 18.1. The van der Waals surface area contributed by atoms with Crippen LogP contribution in [0.15, 0.2) is 48.0 Å². The molecule has 0 amide bonds. The Hall–Kier alpha value is -2.31. The van der Waals surface area contributed by atoms with E-state index in [4.69, 9.17) is 4.98 Å². The van der Waals surface area contributed by atoms with Gasteiger partial charge in [0.15, 0.2) is 5.82 Å². The van der Waals surface area contributed by atoms with Crippen molar-refractivity contribution >= 4 is 17.2 Å². The molecule has 1 N–H and O–H groups in total. The van der Waals surface area contributed by atoms with Crippen LogP contribution in [0, 0.1) is 6.92 Å². The highest BCUT2D eigenvalue weighted by Gasteiger charge is 2.23. The molecule has 6 heteroatoms. The third-order valence-corrected chi connectivity index (χ3v) is 5.96. The molecule has 1 atom stereocenters. The molecule has 27 heavy (non-hydrogen) atoms. The Morgan fingerprint density at radius 1 is 1.15 bits per heavy atom. The van der Waals surface area contributed by atoms with E-state index in [1.807, 2.05) is 36.7 Å². The molecule has 4 rings (SSSR count). The van der Waals surface area contributed by atoms with E-state index in [1.165, 1.54) is 0 Å². The van der Waals surface area contributed by atoms with E-state index in [1.54, 1.807) is 11.3 Å². The Kier molecular flexibility index (Phi) is 5.45. The third kappa shape index (κ3) is 4.34. The number of nitrogens with zero attached hydrogens (tertiary/aromatic N) is 4. The molecule has 0 bridgehead atoms. The molecule has 3 aromatic rings. The fourth-order valence-corrected chi connectivity index (χ4v) is 4.23. The van der Waals surface area contributed by atoms with Crippen molar-refractivity contribution in [1.29, 1.82) is 0 Å². The molecule has 1 aromatic carbocycles. The van der Waals surface area contributed by atoms with E-state index in [0.29, 0.717) is 12.1 Å². The fourth-order valence-electron chi connectivity index (χ4n) is 3.58. The Labute approximate surface area is 164 Å². The number of aryl methyl sites for hydroxylation is 1. The van der Waals surface area contributed by atoms with Gasteiger partial charge in [-0.3, -0.25) is 0 Å². The highest BCUT2D eigenvalue weighted by molar-refractivity contribution is 7.09. The molecule has 140 valence electrons. The van der Waals surface area contributed by atoms with Crippen molar-refractivity contribution in [2.24, 2.45) is 0 Å². The van der Waals surface area contributed by atoms with Gasteiger partial charge in [-0.05, 0) is 26.7 Å². The van der Waals surface area contributed by atoms with E-state index in [-0.39, 0.29) is 0 Å². The second-order valence-corrected chi connectivity index (χ2v) is 8.00. The van der Waals surface area contributed by atoms with Gasteiger partial charge in [0.2, 0.25) is 0 Å². The number of anilines is 1. The smallest absolute Gasteiger partial charge is 0.161 e. The number of hydrogen-bond donors (Lipinski definition) is 1. The summed E-state index contributed by atoms with van der Waals surface area (Å²) in [5, 5.41) is 6.93. The minimum atomic E-state index is 0.313. The van der Waals surface area contributed by atoms with E-state index in [9.17, 15) is 0 Å². The fraction of sp³-hybridized carbons (Fsp3) is 0.381. The summed E-state index contributed by atoms with van der Waals surface area (Å²) in [6, 6.07) is 13.1. The predicted octanol–water partition coefficient (Wildman–Crippen LogP) is 4.23. The van der Waals surface area contributed by atoms with Gasteiger partial charge in [0, 0.05) is 48.0 Å². The summed E-state index contributed by atoms with van der Waals surface area (Å²) in [6.07, 6.45) is 4.10. The van der Waals surface area contributed by atoms with Gasteiger partial charge in [0.05, 0.1) is 6.04 Å². The van der Waals surface area contributed by atoms with Crippen LogP contribution >= 0.6 is 11.3 Å². The van der Waals surface area contributed by atoms with Gasteiger partial charge in [-0.25, -0.2) is 15.0 Å². The molecule has 5 nitrogen and oxygen atoms in total. The molecule has 0 radical (unpaired) electrons. The maximum atomic E-state index is 4.84. The topological polar surface area (TPSA) is 53.9 Å². The summed E-state index contributed by atoms with van der Waals surface area (Å²) < 4.78 is 0. The second-order valence-electron chi connectivity index (χ2n) is 7.08. The summed E-state index contributed by atoms with van der Waals surface area (Å²) in [5.74, 6) is 1.84. The molecule has 1 unspecified atom stereocenters. The average Bonchev–Trinajstić information content (AvgIpc) is 3.24. The number of rotatable bonds is 5. The summed E-state index contributed by atoms with van der Waals surface area (Å²) >= 11 is 1.72. The molecule has 1 aliphatic rings. The quantitative estimate of drug-likeness (QED) is 0.719. The van der Waals surface area contributed by atoms with Gasteiger partial charge in [-0.15, -0.1) is 11.3 Å². The SMILES string of the molecule is Cc1cc(N2CCC(NC(C)c3nccs3)CC2)nc(-c2ccccc2)n1. The minimum absolute atomic E-state index is 0.313. The van der Waals surface area contributed by atoms with Gasteiger partial charge >= 0.3 is 0 Å². The summed E-state index contributed by atoms with van der Waals surface area (Å²) in [5.41, 5.74) is 2.08. The number of aromatic nitrogens is 3. The van der Waals surface area contributed by atoms with Crippen LogP contribution in [0.5, 0.6) is 0 Å². The zero-order valence-corrected chi connectivity index (χ0v) is 16.6. The molecule has 1 fully saturated rings. The first-order valence-electron chi connectivity index (χ1n) is 9.50. The standard InChI is InChI=1S/C21H25N5S/c1-15-14-19(25-20(23-15)17-6-4-3-5-7-17)26-11-8-18(9-12-26)24-16(2)21-22-10-13-27-21/h3-7,10,13-14,16,18,24H,8-9,11-12H2,1-2H3. The van der Waals surface area contributed by atoms with Crippen molar-refractivity contribution in [3.05, 3.63) is 58.7 Å². The third-order valence-electron chi connectivity index (χ3n) is 5.00. The monoisotopic (exact) mass is 379 g/mol. The lowest BCUT2D eigenvalue weighted by molar-refractivity contribution is 0.379. The average molecular weight is 380 g/mol. The van der Waals surface area contributed by atoms with E-state index in [2.05, 4.69) is 45.3 Å². The molecule has 2 aromatic heterocycles. The predicted molar refractivity (Wildman–Crippen MR) is 111 cm³/mol.